The van der Waals surface area contributed by atoms with Gasteiger partial charge in [0.1, 0.15) is 5.75 Å². The minimum Gasteiger partial charge on any atom is -0.490 e. The first-order valence-electron chi connectivity index (χ1n) is 15.8. The van der Waals surface area contributed by atoms with Crippen molar-refractivity contribution in [2.24, 2.45) is 5.92 Å². The highest BCUT2D eigenvalue weighted by Gasteiger charge is 2.31. The number of likely N-dealkylation sites (N-methyl/N-ethyl adjacent to an activating group) is 1. The lowest BCUT2D eigenvalue weighted by molar-refractivity contribution is -0.0115. The van der Waals surface area contributed by atoms with Crippen molar-refractivity contribution in [3.63, 3.8) is 0 Å². The van der Waals surface area contributed by atoms with Gasteiger partial charge in [-0.1, -0.05) is 25.1 Å². The first-order valence-corrected chi connectivity index (χ1v) is 15.8. The molecule has 4 amide bonds. The normalized spacial score (nSPS) is 20.0. The number of para-hydroxylation sites is 1. The SMILES string of the molecule is C[C@@H]1CN([C@@H](C)CO)C(=O)c2cc(NC(=O)c3ccncc3)ccc2O[C@@H](C)CCCCO[C@@H]1CN(C)C(=O)Nc1ccccc1. The number of amides is 4. The molecule has 46 heavy (non-hydrogen) atoms. The number of aliphatic hydroxyl groups excluding tert-OH is 1. The zero-order chi connectivity index (χ0) is 33.1. The maximum atomic E-state index is 14.3. The molecule has 3 aromatic rings. The average Bonchev–Trinajstić information content (AvgIpc) is 3.06. The maximum Gasteiger partial charge on any atom is 0.321 e. The molecule has 0 saturated heterocycles. The van der Waals surface area contributed by atoms with Crippen LogP contribution in [0, 0.1) is 5.92 Å². The summed E-state index contributed by atoms with van der Waals surface area (Å²) >= 11 is 0. The predicted octanol–water partition coefficient (Wildman–Crippen LogP) is 5.29. The third kappa shape index (κ3) is 9.51. The van der Waals surface area contributed by atoms with E-state index in [1.165, 1.54) is 12.4 Å². The highest BCUT2D eigenvalue weighted by molar-refractivity contribution is 6.05. The fraction of sp³-hybridized carbons (Fsp3) is 0.429. The van der Waals surface area contributed by atoms with E-state index in [0.29, 0.717) is 35.8 Å². The molecular formula is C35H45N5O6. The van der Waals surface area contributed by atoms with Gasteiger partial charge in [0.25, 0.3) is 11.8 Å². The summed E-state index contributed by atoms with van der Waals surface area (Å²) in [6.07, 6.45) is 4.91. The molecule has 0 saturated carbocycles. The Kier molecular flexibility index (Phi) is 12.5. The molecule has 0 unspecified atom stereocenters. The minimum atomic E-state index is -0.525. The van der Waals surface area contributed by atoms with E-state index in [1.54, 1.807) is 54.1 Å². The molecule has 1 aromatic heterocycles. The monoisotopic (exact) mass is 631 g/mol. The van der Waals surface area contributed by atoms with Crippen molar-refractivity contribution in [3.05, 3.63) is 84.2 Å². The summed E-state index contributed by atoms with van der Waals surface area (Å²) in [5.41, 5.74) is 1.84. The number of rotatable bonds is 7. The van der Waals surface area contributed by atoms with Crippen molar-refractivity contribution in [2.75, 3.05) is 44.0 Å². The van der Waals surface area contributed by atoms with Crippen LogP contribution in [-0.2, 0) is 4.74 Å². The number of urea groups is 1. The molecule has 1 aliphatic rings. The molecule has 2 heterocycles. The summed E-state index contributed by atoms with van der Waals surface area (Å²) in [5.74, 6) is -0.476. The van der Waals surface area contributed by atoms with Gasteiger partial charge in [0.2, 0.25) is 0 Å². The van der Waals surface area contributed by atoms with E-state index < -0.39 is 6.04 Å². The largest absolute Gasteiger partial charge is 0.490 e. The van der Waals surface area contributed by atoms with Crippen LogP contribution in [0.1, 0.15) is 60.7 Å². The van der Waals surface area contributed by atoms with Crippen molar-refractivity contribution < 1.29 is 29.0 Å². The number of fused-ring (bicyclic) bond motifs is 1. The number of carbonyl (C=O) groups excluding carboxylic acids is 3. The molecule has 3 N–H and O–H groups in total. The molecule has 2 aromatic carbocycles. The number of carbonyl (C=O) groups is 3. The lowest BCUT2D eigenvalue weighted by atomic mass is 10.0. The predicted molar refractivity (Wildman–Crippen MR) is 177 cm³/mol. The number of ether oxygens (including phenoxy) is 2. The summed E-state index contributed by atoms with van der Waals surface area (Å²) in [6.45, 7) is 6.51. The lowest BCUT2D eigenvalue weighted by Crippen LogP contribution is -2.48. The second-order valence-corrected chi connectivity index (χ2v) is 11.9. The van der Waals surface area contributed by atoms with E-state index in [2.05, 4.69) is 15.6 Å². The van der Waals surface area contributed by atoms with E-state index >= 15 is 0 Å². The fourth-order valence-electron chi connectivity index (χ4n) is 5.26. The van der Waals surface area contributed by atoms with Gasteiger partial charge in [-0.25, -0.2) is 4.79 Å². The van der Waals surface area contributed by atoms with Crippen LogP contribution in [-0.4, -0.2) is 89.3 Å². The molecule has 0 radical (unpaired) electrons. The summed E-state index contributed by atoms with van der Waals surface area (Å²) in [6, 6.07) is 16.7. The van der Waals surface area contributed by atoms with Gasteiger partial charge >= 0.3 is 6.03 Å². The summed E-state index contributed by atoms with van der Waals surface area (Å²) in [7, 11) is 1.72. The topological polar surface area (TPSA) is 133 Å². The van der Waals surface area contributed by atoms with E-state index in [0.717, 1.165) is 19.3 Å². The zero-order valence-corrected chi connectivity index (χ0v) is 27.0. The Morgan fingerprint density at radius 1 is 1.04 bits per heavy atom. The molecule has 0 aliphatic carbocycles. The van der Waals surface area contributed by atoms with Crippen molar-refractivity contribution in [1.29, 1.82) is 0 Å². The fourth-order valence-corrected chi connectivity index (χ4v) is 5.26. The molecule has 11 heteroatoms. The molecule has 1 aliphatic heterocycles. The van der Waals surface area contributed by atoms with Crippen molar-refractivity contribution >= 4 is 29.2 Å². The molecule has 4 atom stereocenters. The molecule has 0 bridgehead atoms. The minimum absolute atomic E-state index is 0.182. The molecule has 4 rings (SSSR count). The number of benzene rings is 2. The zero-order valence-electron chi connectivity index (χ0n) is 27.0. The smallest absolute Gasteiger partial charge is 0.321 e. The first kappa shape index (κ1) is 34.4. The van der Waals surface area contributed by atoms with Gasteiger partial charge in [0.05, 0.1) is 30.4 Å². The number of aromatic nitrogens is 1. The van der Waals surface area contributed by atoms with Crippen molar-refractivity contribution in [3.8, 4) is 5.75 Å². The second kappa shape index (κ2) is 16.7. The number of nitrogens with zero attached hydrogens (tertiary/aromatic N) is 3. The van der Waals surface area contributed by atoms with Gasteiger partial charge in [-0.05, 0) is 75.6 Å². The van der Waals surface area contributed by atoms with Crippen molar-refractivity contribution in [1.82, 2.24) is 14.8 Å². The second-order valence-electron chi connectivity index (χ2n) is 11.9. The number of anilines is 2. The van der Waals surface area contributed by atoms with Crippen LogP contribution in [0.5, 0.6) is 5.75 Å². The van der Waals surface area contributed by atoms with Crippen LogP contribution in [0.2, 0.25) is 0 Å². The van der Waals surface area contributed by atoms with Crippen LogP contribution >= 0.6 is 0 Å². The van der Waals surface area contributed by atoms with Crippen LogP contribution in [0.15, 0.2) is 73.1 Å². The van der Waals surface area contributed by atoms with Crippen molar-refractivity contribution in [2.45, 2.75) is 58.3 Å². The van der Waals surface area contributed by atoms with E-state index in [9.17, 15) is 19.5 Å². The van der Waals surface area contributed by atoms with Crippen LogP contribution in [0.4, 0.5) is 16.2 Å². The van der Waals surface area contributed by atoms with E-state index in [1.807, 2.05) is 44.2 Å². The highest BCUT2D eigenvalue weighted by Crippen LogP contribution is 2.29. The van der Waals surface area contributed by atoms with Gasteiger partial charge in [-0.3, -0.25) is 14.6 Å². The van der Waals surface area contributed by atoms with Gasteiger partial charge < -0.3 is 35.0 Å². The number of hydrogen-bond donors (Lipinski definition) is 3. The molecule has 0 fully saturated rings. The van der Waals surface area contributed by atoms with Gasteiger partial charge in [-0.15, -0.1) is 0 Å². The Balaban J connectivity index is 1.60. The van der Waals surface area contributed by atoms with Gasteiger partial charge in [-0.2, -0.15) is 0 Å². The van der Waals surface area contributed by atoms with Gasteiger partial charge in [0, 0.05) is 62.0 Å². The Morgan fingerprint density at radius 3 is 2.50 bits per heavy atom. The average molecular weight is 632 g/mol. The highest BCUT2D eigenvalue weighted by atomic mass is 16.5. The summed E-state index contributed by atoms with van der Waals surface area (Å²) in [5, 5.41) is 16.0. The van der Waals surface area contributed by atoms with Gasteiger partial charge in [0.15, 0.2) is 0 Å². The summed E-state index contributed by atoms with van der Waals surface area (Å²) < 4.78 is 12.6. The van der Waals surface area contributed by atoms with Crippen LogP contribution in [0.25, 0.3) is 0 Å². The number of nitrogens with one attached hydrogen (secondary N) is 2. The Morgan fingerprint density at radius 2 is 1.78 bits per heavy atom. The Hall–Kier alpha value is -4.48. The summed E-state index contributed by atoms with van der Waals surface area (Å²) in [4.78, 5) is 47.4. The van der Waals surface area contributed by atoms with E-state index in [4.69, 9.17) is 9.47 Å². The first-order chi connectivity index (χ1) is 22.2. The van der Waals surface area contributed by atoms with E-state index in [-0.39, 0.29) is 54.7 Å². The van der Waals surface area contributed by atoms with Crippen LogP contribution in [0.3, 0.4) is 0 Å². The lowest BCUT2D eigenvalue weighted by Gasteiger charge is -2.35. The number of hydrogen-bond acceptors (Lipinski definition) is 7. The molecule has 11 nitrogen and oxygen atoms in total. The molecule has 246 valence electrons. The number of pyridine rings is 1. The molecular weight excluding hydrogens is 586 g/mol. The maximum absolute atomic E-state index is 14.3. The van der Waals surface area contributed by atoms with Crippen LogP contribution < -0.4 is 15.4 Å². The third-order valence-electron chi connectivity index (χ3n) is 8.08. The standard InChI is InChI=1S/C35H45N5O6/c1-24-21-40(25(2)23-41)34(43)30-20-29(37-33(42)27-15-17-36-18-16-27)13-14-31(30)46-26(3)10-8-9-19-45-32(24)22-39(4)35(44)38-28-11-6-5-7-12-28/h5-7,11-18,20,24-26,32,41H,8-10,19,21-23H2,1-4H3,(H,37,42)(H,38,44)/t24-,25+,26+,32-/m1/s1. The Bertz CT molecular complexity index is 1440. The quantitative estimate of drug-likeness (QED) is 0.323. The molecule has 0 spiro atoms. The third-order valence-corrected chi connectivity index (χ3v) is 8.08. The Labute approximate surface area is 270 Å². The number of aliphatic hydroxyl groups is 1.